The Labute approximate surface area is 130 Å². The van der Waals surface area contributed by atoms with Crippen LogP contribution in [0.5, 0.6) is 0 Å². The summed E-state index contributed by atoms with van der Waals surface area (Å²) in [5.41, 5.74) is 6.36. The Morgan fingerprint density at radius 1 is 0.762 bits per heavy atom. The molecule has 1 unspecified atom stereocenters. The molecule has 21 heavy (non-hydrogen) atoms. The van der Waals surface area contributed by atoms with Crippen molar-refractivity contribution in [2.24, 2.45) is 5.73 Å². The van der Waals surface area contributed by atoms with Gasteiger partial charge in [-0.3, -0.25) is 0 Å². The standard InChI is InChI=1S/C18H17NO.ClH/c19-13-18(20,16-8-2-1-3-9-16)17-11-10-14-6-4-5-7-15(14)12-17;/h1-12,20H,13,19H2;1H. The van der Waals surface area contributed by atoms with Crippen molar-refractivity contribution < 1.29 is 5.11 Å². The van der Waals surface area contributed by atoms with E-state index in [2.05, 4.69) is 6.07 Å². The second-order valence-electron chi connectivity index (χ2n) is 4.99. The van der Waals surface area contributed by atoms with Crippen LogP contribution in [0, 0.1) is 0 Å². The maximum atomic E-state index is 11.0. The van der Waals surface area contributed by atoms with Gasteiger partial charge in [0.05, 0.1) is 0 Å². The van der Waals surface area contributed by atoms with Crippen LogP contribution in [0.1, 0.15) is 11.1 Å². The molecule has 108 valence electrons. The first-order chi connectivity index (χ1) is 9.74. The Morgan fingerprint density at radius 3 is 2.05 bits per heavy atom. The summed E-state index contributed by atoms with van der Waals surface area (Å²) in [6.45, 7) is 0.148. The lowest BCUT2D eigenvalue weighted by atomic mass is 9.85. The number of halogens is 1. The monoisotopic (exact) mass is 299 g/mol. The van der Waals surface area contributed by atoms with Gasteiger partial charge in [-0.25, -0.2) is 0 Å². The molecule has 0 aromatic heterocycles. The van der Waals surface area contributed by atoms with Gasteiger partial charge in [0.2, 0.25) is 0 Å². The molecule has 3 aromatic carbocycles. The number of benzene rings is 3. The van der Waals surface area contributed by atoms with Crippen LogP contribution < -0.4 is 5.73 Å². The van der Waals surface area contributed by atoms with Crippen LogP contribution in [0.25, 0.3) is 10.8 Å². The highest BCUT2D eigenvalue weighted by atomic mass is 35.5. The second-order valence-corrected chi connectivity index (χ2v) is 4.99. The number of hydrogen-bond acceptors (Lipinski definition) is 2. The van der Waals surface area contributed by atoms with Gasteiger partial charge in [0.1, 0.15) is 5.60 Å². The highest BCUT2D eigenvalue weighted by Gasteiger charge is 2.29. The fourth-order valence-electron chi connectivity index (χ4n) is 2.56. The minimum atomic E-state index is -1.15. The summed E-state index contributed by atoms with van der Waals surface area (Å²) in [5.74, 6) is 0. The molecular formula is C18H18ClNO. The molecule has 0 aliphatic carbocycles. The zero-order valence-corrected chi connectivity index (χ0v) is 12.4. The van der Waals surface area contributed by atoms with Crippen molar-refractivity contribution in [3.63, 3.8) is 0 Å². The number of fused-ring (bicyclic) bond motifs is 1. The van der Waals surface area contributed by atoms with E-state index < -0.39 is 5.60 Å². The van der Waals surface area contributed by atoms with Gasteiger partial charge in [0.25, 0.3) is 0 Å². The molecule has 0 saturated heterocycles. The fourth-order valence-corrected chi connectivity index (χ4v) is 2.56. The van der Waals surface area contributed by atoms with Gasteiger partial charge >= 0.3 is 0 Å². The summed E-state index contributed by atoms with van der Waals surface area (Å²) in [4.78, 5) is 0. The molecule has 0 aliphatic heterocycles. The molecule has 0 saturated carbocycles. The first-order valence-electron chi connectivity index (χ1n) is 6.71. The Bertz CT molecular complexity index is 729. The van der Waals surface area contributed by atoms with Crippen LogP contribution in [0.2, 0.25) is 0 Å². The molecule has 0 heterocycles. The average molecular weight is 300 g/mol. The maximum Gasteiger partial charge on any atom is 0.127 e. The van der Waals surface area contributed by atoms with E-state index in [1.165, 1.54) is 0 Å². The van der Waals surface area contributed by atoms with E-state index in [-0.39, 0.29) is 19.0 Å². The number of aliphatic hydroxyl groups is 1. The van der Waals surface area contributed by atoms with Gasteiger partial charge < -0.3 is 10.8 Å². The van der Waals surface area contributed by atoms with E-state index >= 15 is 0 Å². The van der Waals surface area contributed by atoms with Crippen molar-refractivity contribution in [2.75, 3.05) is 6.54 Å². The summed E-state index contributed by atoms with van der Waals surface area (Å²) >= 11 is 0. The van der Waals surface area contributed by atoms with Crippen molar-refractivity contribution in [3.8, 4) is 0 Å². The third-order valence-corrected chi connectivity index (χ3v) is 3.77. The topological polar surface area (TPSA) is 46.2 Å². The average Bonchev–Trinajstić information content (AvgIpc) is 2.54. The molecule has 3 heteroatoms. The summed E-state index contributed by atoms with van der Waals surface area (Å²) in [7, 11) is 0. The molecule has 0 fully saturated rings. The molecule has 3 N–H and O–H groups in total. The zero-order valence-electron chi connectivity index (χ0n) is 11.6. The molecule has 0 radical (unpaired) electrons. The summed E-state index contributed by atoms with van der Waals surface area (Å²) in [5, 5.41) is 13.3. The molecule has 3 rings (SSSR count). The predicted molar refractivity (Wildman–Crippen MR) is 89.7 cm³/mol. The van der Waals surface area contributed by atoms with Gasteiger partial charge in [-0.2, -0.15) is 0 Å². The summed E-state index contributed by atoms with van der Waals surface area (Å²) < 4.78 is 0. The van der Waals surface area contributed by atoms with Gasteiger partial charge in [-0.15, -0.1) is 12.4 Å². The Morgan fingerprint density at radius 2 is 1.38 bits per heavy atom. The highest BCUT2D eigenvalue weighted by molar-refractivity contribution is 5.85. The Balaban J connectivity index is 0.00000161. The van der Waals surface area contributed by atoms with E-state index in [1.54, 1.807) is 0 Å². The number of rotatable bonds is 3. The molecule has 3 aromatic rings. The predicted octanol–water partition coefficient (Wildman–Crippen LogP) is 3.46. The van der Waals surface area contributed by atoms with Gasteiger partial charge in [0.15, 0.2) is 0 Å². The lowest BCUT2D eigenvalue weighted by Crippen LogP contribution is -2.36. The molecule has 1 atom stereocenters. The lowest BCUT2D eigenvalue weighted by Gasteiger charge is -2.28. The quantitative estimate of drug-likeness (QED) is 0.778. The summed E-state index contributed by atoms with van der Waals surface area (Å²) in [6, 6.07) is 23.7. The van der Waals surface area contributed by atoms with E-state index in [1.807, 2.05) is 66.7 Å². The van der Waals surface area contributed by atoms with Crippen molar-refractivity contribution in [3.05, 3.63) is 83.9 Å². The third kappa shape index (κ3) is 2.79. The molecule has 0 amide bonds. The van der Waals surface area contributed by atoms with Crippen LogP contribution in [0.15, 0.2) is 72.8 Å². The largest absolute Gasteiger partial charge is 0.379 e. The van der Waals surface area contributed by atoms with E-state index in [9.17, 15) is 5.11 Å². The van der Waals surface area contributed by atoms with Crippen LogP contribution in [0.4, 0.5) is 0 Å². The maximum absolute atomic E-state index is 11.0. The van der Waals surface area contributed by atoms with Gasteiger partial charge in [-0.05, 0) is 28.0 Å². The zero-order chi connectivity index (χ0) is 14.0. The van der Waals surface area contributed by atoms with Crippen molar-refractivity contribution in [1.29, 1.82) is 0 Å². The number of hydrogen-bond donors (Lipinski definition) is 2. The van der Waals surface area contributed by atoms with Crippen molar-refractivity contribution in [2.45, 2.75) is 5.60 Å². The normalized spacial score (nSPS) is 13.4. The SMILES string of the molecule is Cl.NCC(O)(c1ccccc1)c1ccc2ccccc2c1. The first kappa shape index (κ1) is 15.5. The molecular weight excluding hydrogens is 282 g/mol. The van der Waals surface area contributed by atoms with Gasteiger partial charge in [0, 0.05) is 6.54 Å². The molecule has 2 nitrogen and oxygen atoms in total. The van der Waals surface area contributed by atoms with Crippen LogP contribution in [0.3, 0.4) is 0 Å². The first-order valence-corrected chi connectivity index (χ1v) is 6.71. The lowest BCUT2D eigenvalue weighted by molar-refractivity contribution is 0.0904. The van der Waals surface area contributed by atoms with Crippen molar-refractivity contribution >= 4 is 23.2 Å². The van der Waals surface area contributed by atoms with E-state index in [4.69, 9.17) is 5.73 Å². The minimum absolute atomic E-state index is 0. The molecule has 0 bridgehead atoms. The fraction of sp³-hybridized carbons (Fsp3) is 0.111. The Hall–Kier alpha value is -1.87. The molecule has 0 aliphatic rings. The van der Waals surface area contributed by atoms with Crippen LogP contribution in [-0.2, 0) is 5.60 Å². The van der Waals surface area contributed by atoms with Gasteiger partial charge in [-0.1, -0.05) is 66.7 Å². The van der Waals surface area contributed by atoms with Crippen LogP contribution >= 0.6 is 12.4 Å². The van der Waals surface area contributed by atoms with Crippen molar-refractivity contribution in [1.82, 2.24) is 0 Å². The Kier molecular flexibility index (Phi) is 4.63. The van der Waals surface area contributed by atoms with E-state index in [0.29, 0.717) is 0 Å². The van der Waals surface area contributed by atoms with E-state index in [0.717, 1.165) is 21.9 Å². The second kappa shape index (κ2) is 6.27. The number of nitrogens with two attached hydrogens (primary N) is 1. The minimum Gasteiger partial charge on any atom is -0.379 e. The molecule has 0 spiro atoms. The smallest absolute Gasteiger partial charge is 0.127 e. The summed E-state index contributed by atoms with van der Waals surface area (Å²) in [6.07, 6.45) is 0. The third-order valence-electron chi connectivity index (χ3n) is 3.77. The van der Waals surface area contributed by atoms with Crippen LogP contribution in [-0.4, -0.2) is 11.7 Å². The highest BCUT2D eigenvalue weighted by Crippen LogP contribution is 2.30.